The number of benzene rings is 1. The van der Waals surface area contributed by atoms with Crippen LogP contribution in [0.2, 0.25) is 0 Å². The van der Waals surface area contributed by atoms with Crippen molar-refractivity contribution in [3.05, 3.63) is 35.5 Å². The maximum Gasteiger partial charge on any atom is 0.257 e. The number of rotatable bonds is 5. The Balaban J connectivity index is 2.42. The van der Waals surface area contributed by atoms with Crippen LogP contribution in [0.5, 0.6) is 5.75 Å². The Morgan fingerprint density at radius 1 is 1.21 bits per heavy atom. The molecule has 1 amide bonds. The van der Waals surface area contributed by atoms with Gasteiger partial charge in [0.1, 0.15) is 5.75 Å². The number of anilines is 1. The summed E-state index contributed by atoms with van der Waals surface area (Å²) in [5, 5.41) is 0. The van der Waals surface area contributed by atoms with Gasteiger partial charge in [-0.2, -0.15) is 0 Å². The number of hydrogen-bond acceptors (Lipinski definition) is 5. The lowest BCUT2D eigenvalue weighted by molar-refractivity contribution is 0.0827. The fraction of sp³-hybridized carbons (Fsp3) is 0.389. The Morgan fingerprint density at radius 2 is 1.83 bits per heavy atom. The van der Waals surface area contributed by atoms with Crippen LogP contribution in [0.3, 0.4) is 0 Å². The molecule has 2 rings (SSSR count). The van der Waals surface area contributed by atoms with E-state index in [2.05, 4.69) is 23.8 Å². The van der Waals surface area contributed by atoms with Crippen molar-refractivity contribution >= 4 is 11.9 Å². The SMILES string of the molecule is Cc1nc(N)nc(-c2ccc(OCC(C)C)cc2)c1C(=O)N(C)C. The van der Waals surface area contributed by atoms with Crippen molar-refractivity contribution in [3.8, 4) is 17.0 Å². The Labute approximate surface area is 142 Å². The molecular weight excluding hydrogens is 304 g/mol. The third kappa shape index (κ3) is 4.01. The van der Waals surface area contributed by atoms with Crippen molar-refractivity contribution < 1.29 is 9.53 Å². The van der Waals surface area contributed by atoms with Gasteiger partial charge in [-0.1, -0.05) is 13.8 Å². The molecule has 1 heterocycles. The predicted octanol–water partition coefficient (Wildman–Crippen LogP) is 2.77. The number of aromatic nitrogens is 2. The van der Waals surface area contributed by atoms with Gasteiger partial charge in [-0.05, 0) is 37.1 Å². The average molecular weight is 328 g/mol. The number of aryl methyl sites for hydroxylation is 1. The van der Waals surface area contributed by atoms with Crippen molar-refractivity contribution in [1.82, 2.24) is 14.9 Å². The molecule has 0 atom stereocenters. The summed E-state index contributed by atoms with van der Waals surface area (Å²) in [6, 6.07) is 7.50. The molecule has 0 saturated heterocycles. The maximum atomic E-state index is 12.5. The molecule has 6 nitrogen and oxygen atoms in total. The van der Waals surface area contributed by atoms with Gasteiger partial charge < -0.3 is 15.4 Å². The van der Waals surface area contributed by atoms with E-state index in [0.717, 1.165) is 11.3 Å². The number of hydrogen-bond donors (Lipinski definition) is 1. The smallest absolute Gasteiger partial charge is 0.257 e. The molecule has 0 fully saturated rings. The van der Waals surface area contributed by atoms with Crippen LogP contribution in [0.4, 0.5) is 5.95 Å². The summed E-state index contributed by atoms with van der Waals surface area (Å²) >= 11 is 0. The van der Waals surface area contributed by atoms with E-state index in [1.165, 1.54) is 4.90 Å². The van der Waals surface area contributed by atoms with E-state index in [9.17, 15) is 4.79 Å². The molecule has 24 heavy (non-hydrogen) atoms. The van der Waals surface area contributed by atoms with E-state index in [-0.39, 0.29) is 11.9 Å². The van der Waals surface area contributed by atoms with E-state index in [4.69, 9.17) is 10.5 Å². The zero-order valence-corrected chi connectivity index (χ0v) is 14.8. The largest absolute Gasteiger partial charge is 0.493 e. The molecule has 128 valence electrons. The van der Waals surface area contributed by atoms with E-state index in [0.29, 0.717) is 29.5 Å². The van der Waals surface area contributed by atoms with Gasteiger partial charge in [-0.25, -0.2) is 9.97 Å². The number of carbonyl (C=O) groups excluding carboxylic acids is 1. The first kappa shape index (κ1) is 17.7. The minimum Gasteiger partial charge on any atom is -0.493 e. The quantitative estimate of drug-likeness (QED) is 0.912. The number of nitrogen functional groups attached to an aromatic ring is 1. The molecule has 1 aromatic carbocycles. The van der Waals surface area contributed by atoms with Gasteiger partial charge in [0.05, 0.1) is 23.6 Å². The number of nitrogens with two attached hydrogens (primary N) is 1. The van der Waals surface area contributed by atoms with Gasteiger partial charge >= 0.3 is 0 Å². The van der Waals surface area contributed by atoms with Gasteiger partial charge in [-0.3, -0.25) is 4.79 Å². The van der Waals surface area contributed by atoms with Crippen LogP contribution in [0.1, 0.15) is 29.9 Å². The summed E-state index contributed by atoms with van der Waals surface area (Å²) in [7, 11) is 3.40. The minimum absolute atomic E-state index is 0.150. The molecule has 6 heteroatoms. The first-order chi connectivity index (χ1) is 11.3. The standard InChI is InChI=1S/C18H24N4O2/c1-11(2)10-24-14-8-6-13(7-9-14)16-15(17(23)22(4)5)12(3)20-18(19)21-16/h6-9,11H,10H2,1-5H3,(H2,19,20,21). The highest BCUT2D eigenvalue weighted by molar-refractivity contribution is 6.00. The van der Waals surface area contributed by atoms with Crippen LogP contribution in [-0.2, 0) is 0 Å². The molecule has 1 aromatic heterocycles. The van der Waals surface area contributed by atoms with E-state index in [1.54, 1.807) is 21.0 Å². The maximum absolute atomic E-state index is 12.5. The summed E-state index contributed by atoms with van der Waals surface area (Å²) < 4.78 is 5.69. The molecule has 0 radical (unpaired) electrons. The molecule has 2 aromatic rings. The summed E-state index contributed by atoms with van der Waals surface area (Å²) in [4.78, 5) is 22.4. The Bertz CT molecular complexity index is 725. The van der Waals surface area contributed by atoms with Gasteiger partial charge in [0.2, 0.25) is 5.95 Å². The lowest BCUT2D eigenvalue weighted by Crippen LogP contribution is -2.24. The van der Waals surface area contributed by atoms with Crippen molar-refractivity contribution in [2.75, 3.05) is 26.4 Å². The van der Waals surface area contributed by atoms with Crippen LogP contribution < -0.4 is 10.5 Å². The molecular formula is C18H24N4O2. The summed E-state index contributed by atoms with van der Waals surface area (Å²) in [5.41, 5.74) is 8.15. The zero-order chi connectivity index (χ0) is 17.9. The summed E-state index contributed by atoms with van der Waals surface area (Å²) in [6.07, 6.45) is 0. The van der Waals surface area contributed by atoms with Crippen molar-refractivity contribution in [1.29, 1.82) is 0 Å². The lowest BCUT2D eigenvalue weighted by Gasteiger charge is -2.16. The van der Waals surface area contributed by atoms with Crippen molar-refractivity contribution in [2.24, 2.45) is 5.92 Å². The highest BCUT2D eigenvalue weighted by atomic mass is 16.5. The molecule has 0 unspecified atom stereocenters. The van der Waals surface area contributed by atoms with Gasteiger partial charge in [0.25, 0.3) is 5.91 Å². The predicted molar refractivity (Wildman–Crippen MR) is 95.0 cm³/mol. The summed E-state index contributed by atoms with van der Waals surface area (Å²) in [6.45, 7) is 6.61. The van der Waals surface area contributed by atoms with Crippen LogP contribution >= 0.6 is 0 Å². The van der Waals surface area contributed by atoms with Gasteiger partial charge in [-0.15, -0.1) is 0 Å². The molecule has 0 spiro atoms. The van der Waals surface area contributed by atoms with Gasteiger partial charge in [0.15, 0.2) is 0 Å². The number of carbonyl (C=O) groups is 1. The van der Waals surface area contributed by atoms with E-state index >= 15 is 0 Å². The monoisotopic (exact) mass is 328 g/mol. The van der Waals surface area contributed by atoms with E-state index < -0.39 is 0 Å². The molecule has 0 bridgehead atoms. The van der Waals surface area contributed by atoms with E-state index in [1.807, 2.05) is 24.3 Å². The third-order valence-corrected chi connectivity index (χ3v) is 3.44. The van der Waals surface area contributed by atoms with Crippen LogP contribution in [0, 0.1) is 12.8 Å². The van der Waals surface area contributed by atoms with Crippen molar-refractivity contribution in [3.63, 3.8) is 0 Å². The van der Waals surface area contributed by atoms with Crippen LogP contribution in [0.25, 0.3) is 11.3 Å². The van der Waals surface area contributed by atoms with Gasteiger partial charge in [0, 0.05) is 19.7 Å². The Kier molecular flexibility index (Phi) is 5.39. The number of amides is 1. The molecule has 0 aliphatic carbocycles. The second-order valence-electron chi connectivity index (χ2n) is 6.32. The average Bonchev–Trinajstić information content (AvgIpc) is 2.52. The number of ether oxygens (including phenoxy) is 1. The third-order valence-electron chi connectivity index (χ3n) is 3.44. The minimum atomic E-state index is -0.150. The second kappa shape index (κ2) is 7.29. The normalized spacial score (nSPS) is 10.8. The highest BCUT2D eigenvalue weighted by Gasteiger charge is 2.20. The molecule has 0 aliphatic heterocycles. The molecule has 0 saturated carbocycles. The topological polar surface area (TPSA) is 81.3 Å². The van der Waals surface area contributed by atoms with Crippen molar-refractivity contribution in [2.45, 2.75) is 20.8 Å². The second-order valence-corrected chi connectivity index (χ2v) is 6.32. The Hall–Kier alpha value is -2.63. The Morgan fingerprint density at radius 3 is 2.38 bits per heavy atom. The lowest BCUT2D eigenvalue weighted by atomic mass is 10.0. The first-order valence-corrected chi connectivity index (χ1v) is 7.88. The highest BCUT2D eigenvalue weighted by Crippen LogP contribution is 2.27. The molecule has 2 N–H and O–H groups in total. The van der Waals surface area contributed by atoms with Crippen LogP contribution in [0.15, 0.2) is 24.3 Å². The number of nitrogens with zero attached hydrogens (tertiary/aromatic N) is 3. The fourth-order valence-electron chi connectivity index (χ4n) is 2.25. The molecule has 0 aliphatic rings. The fourth-order valence-corrected chi connectivity index (χ4v) is 2.25. The first-order valence-electron chi connectivity index (χ1n) is 7.88. The zero-order valence-electron chi connectivity index (χ0n) is 14.8. The summed E-state index contributed by atoms with van der Waals surface area (Å²) in [5.74, 6) is 1.24. The van der Waals surface area contributed by atoms with Crippen LogP contribution in [-0.4, -0.2) is 41.5 Å².